The number of nitriles is 1. The number of pyridine rings is 1. The Balaban J connectivity index is 2.98. The third-order valence-corrected chi connectivity index (χ3v) is 3.91. The predicted octanol–water partition coefficient (Wildman–Crippen LogP) is 0.436. The Labute approximate surface area is 112 Å². The molecule has 0 radical (unpaired) electrons. The summed E-state index contributed by atoms with van der Waals surface area (Å²) in [5.41, 5.74) is 5.86. The lowest BCUT2D eigenvalue weighted by molar-refractivity contribution is 0.592. The first kappa shape index (κ1) is 15.0. The van der Waals surface area contributed by atoms with Gasteiger partial charge in [0.2, 0.25) is 10.0 Å². The topological polar surface area (TPSA) is 109 Å². The second-order valence-electron chi connectivity index (χ2n) is 3.61. The zero-order valence-electron chi connectivity index (χ0n) is 10.4. The number of sulfonamides is 1. The first-order chi connectivity index (χ1) is 9.03. The maximum Gasteiger partial charge on any atom is 0.250 e. The number of nitrogens with one attached hydrogen (secondary N) is 1. The third-order valence-electron chi connectivity index (χ3n) is 2.23. The Hall–Kier alpha value is -2.09. The maximum absolute atomic E-state index is 11.9. The monoisotopic (exact) mass is 278 g/mol. The van der Waals surface area contributed by atoms with Crippen LogP contribution in [0.3, 0.4) is 0 Å². The zero-order valence-corrected chi connectivity index (χ0v) is 11.2. The first-order valence-electron chi connectivity index (χ1n) is 5.59. The summed E-state index contributed by atoms with van der Waals surface area (Å²) in [5, 5.41) is 7.68. The van der Waals surface area contributed by atoms with Gasteiger partial charge in [-0.05, 0) is 18.6 Å². The Morgan fingerprint density at radius 1 is 1.58 bits per heavy atom. The molecule has 0 aliphatic carbocycles. The summed E-state index contributed by atoms with van der Waals surface area (Å²) in [6, 6.07) is 4.87. The molecule has 6 nitrogen and oxygen atoms in total. The second kappa shape index (κ2) is 6.74. The highest BCUT2D eigenvalue weighted by molar-refractivity contribution is 7.93. The van der Waals surface area contributed by atoms with Gasteiger partial charge in [0.15, 0.2) is 5.25 Å². The average molecular weight is 278 g/mol. The Morgan fingerprint density at radius 3 is 2.89 bits per heavy atom. The summed E-state index contributed by atoms with van der Waals surface area (Å²) in [6.45, 7) is 1.85. The summed E-state index contributed by atoms with van der Waals surface area (Å²) in [4.78, 5) is 3.88. The molecule has 0 fully saturated rings. The van der Waals surface area contributed by atoms with Crippen molar-refractivity contribution in [3.8, 4) is 17.9 Å². The van der Waals surface area contributed by atoms with Gasteiger partial charge in [-0.3, -0.25) is 4.72 Å². The summed E-state index contributed by atoms with van der Waals surface area (Å²) < 4.78 is 26.0. The highest BCUT2D eigenvalue weighted by Gasteiger charge is 2.23. The number of hydrogen-bond acceptors (Lipinski definition) is 5. The van der Waals surface area contributed by atoms with Crippen LogP contribution in [0.1, 0.15) is 18.9 Å². The number of nitrogens with two attached hydrogens (primary N) is 1. The quantitative estimate of drug-likeness (QED) is 0.776. The average Bonchev–Trinajstić information content (AvgIpc) is 2.37. The minimum absolute atomic E-state index is 0.137. The van der Waals surface area contributed by atoms with Gasteiger partial charge in [0.25, 0.3) is 0 Å². The summed E-state index contributed by atoms with van der Waals surface area (Å²) in [5.74, 6) is 5.57. The van der Waals surface area contributed by atoms with E-state index in [4.69, 9.17) is 11.0 Å². The minimum Gasteiger partial charge on any atom is -0.320 e. The van der Waals surface area contributed by atoms with Gasteiger partial charge < -0.3 is 5.73 Å². The molecule has 1 atom stereocenters. The van der Waals surface area contributed by atoms with Gasteiger partial charge in [0, 0.05) is 11.8 Å². The first-order valence-corrected chi connectivity index (χ1v) is 7.14. The molecule has 0 aromatic carbocycles. The smallest absolute Gasteiger partial charge is 0.250 e. The molecular formula is C12H14N4O2S. The van der Waals surface area contributed by atoms with E-state index < -0.39 is 15.3 Å². The molecule has 1 aromatic rings. The lowest BCUT2D eigenvalue weighted by Gasteiger charge is -2.10. The normalized spacial score (nSPS) is 11.8. The van der Waals surface area contributed by atoms with Gasteiger partial charge in [-0.1, -0.05) is 18.8 Å². The van der Waals surface area contributed by atoms with E-state index in [1.54, 1.807) is 19.1 Å². The summed E-state index contributed by atoms with van der Waals surface area (Å²) >= 11 is 0. The zero-order chi connectivity index (χ0) is 14.3. The molecule has 7 heteroatoms. The van der Waals surface area contributed by atoms with Crippen molar-refractivity contribution in [1.29, 1.82) is 5.26 Å². The van der Waals surface area contributed by atoms with Gasteiger partial charge in [0.05, 0.1) is 12.6 Å². The van der Waals surface area contributed by atoms with E-state index in [0.717, 1.165) is 0 Å². The molecule has 1 rings (SSSR count). The molecule has 0 saturated heterocycles. The van der Waals surface area contributed by atoms with Crippen molar-refractivity contribution in [2.45, 2.75) is 18.6 Å². The molecular weight excluding hydrogens is 264 g/mol. The Morgan fingerprint density at radius 2 is 2.32 bits per heavy atom. The molecule has 100 valence electrons. The highest BCUT2D eigenvalue weighted by atomic mass is 32.2. The van der Waals surface area contributed by atoms with Crippen molar-refractivity contribution in [3.63, 3.8) is 0 Å². The van der Waals surface area contributed by atoms with Gasteiger partial charge in [0.1, 0.15) is 5.82 Å². The van der Waals surface area contributed by atoms with E-state index in [-0.39, 0.29) is 18.8 Å². The molecule has 3 N–H and O–H groups in total. The van der Waals surface area contributed by atoms with Crippen molar-refractivity contribution in [3.05, 3.63) is 23.9 Å². The summed E-state index contributed by atoms with van der Waals surface area (Å²) in [6.07, 6.45) is 1.64. The molecule has 0 spiro atoms. The van der Waals surface area contributed by atoms with Crippen LogP contribution in [0.2, 0.25) is 0 Å². The van der Waals surface area contributed by atoms with Crippen LogP contribution in [0, 0.1) is 23.2 Å². The SMILES string of the molecule is CCC(C#N)S(=O)(=O)Nc1cc(C#CCN)ccn1. The molecule has 0 aliphatic rings. The van der Waals surface area contributed by atoms with Crippen LogP contribution in [0.15, 0.2) is 18.3 Å². The molecule has 1 unspecified atom stereocenters. The van der Waals surface area contributed by atoms with Crippen molar-refractivity contribution in [2.24, 2.45) is 5.73 Å². The van der Waals surface area contributed by atoms with E-state index in [2.05, 4.69) is 21.5 Å². The van der Waals surface area contributed by atoms with Crippen LogP contribution in [0.4, 0.5) is 5.82 Å². The highest BCUT2D eigenvalue weighted by Crippen LogP contribution is 2.12. The van der Waals surface area contributed by atoms with Crippen molar-refractivity contribution in [1.82, 2.24) is 4.98 Å². The van der Waals surface area contributed by atoms with E-state index in [1.807, 2.05) is 0 Å². The van der Waals surface area contributed by atoms with E-state index >= 15 is 0 Å². The molecule has 1 heterocycles. The number of aromatic nitrogens is 1. The van der Waals surface area contributed by atoms with Crippen LogP contribution < -0.4 is 10.5 Å². The van der Waals surface area contributed by atoms with Crippen molar-refractivity contribution in [2.75, 3.05) is 11.3 Å². The molecule has 0 aliphatic heterocycles. The predicted molar refractivity (Wildman–Crippen MR) is 72.4 cm³/mol. The van der Waals surface area contributed by atoms with E-state index in [9.17, 15) is 8.42 Å². The summed E-state index contributed by atoms with van der Waals surface area (Å²) in [7, 11) is -3.76. The van der Waals surface area contributed by atoms with E-state index in [0.29, 0.717) is 5.56 Å². The lowest BCUT2D eigenvalue weighted by atomic mass is 10.2. The fraction of sp³-hybridized carbons (Fsp3) is 0.333. The third kappa shape index (κ3) is 4.25. The fourth-order valence-corrected chi connectivity index (χ4v) is 2.44. The van der Waals surface area contributed by atoms with Gasteiger partial charge in [-0.25, -0.2) is 13.4 Å². The Bertz CT molecular complexity index is 638. The van der Waals surface area contributed by atoms with Crippen LogP contribution in [0.5, 0.6) is 0 Å². The van der Waals surface area contributed by atoms with Crippen LogP contribution in [-0.2, 0) is 10.0 Å². The number of rotatable bonds is 4. The molecule has 1 aromatic heterocycles. The molecule has 0 saturated carbocycles. The lowest BCUT2D eigenvalue weighted by Crippen LogP contribution is -2.26. The van der Waals surface area contributed by atoms with E-state index in [1.165, 1.54) is 12.3 Å². The molecule has 19 heavy (non-hydrogen) atoms. The van der Waals surface area contributed by atoms with Crippen molar-refractivity contribution >= 4 is 15.8 Å². The molecule has 0 amide bonds. The molecule has 0 bridgehead atoms. The largest absolute Gasteiger partial charge is 0.320 e. The van der Waals surface area contributed by atoms with Gasteiger partial charge >= 0.3 is 0 Å². The maximum atomic E-state index is 11.9. The van der Waals surface area contributed by atoms with Crippen molar-refractivity contribution < 1.29 is 8.42 Å². The number of nitrogens with zero attached hydrogens (tertiary/aromatic N) is 2. The van der Waals surface area contributed by atoms with Crippen LogP contribution in [-0.4, -0.2) is 25.2 Å². The minimum atomic E-state index is -3.76. The fourth-order valence-electron chi connectivity index (χ4n) is 1.31. The Kier molecular flexibility index (Phi) is 5.31. The van der Waals surface area contributed by atoms with Gasteiger partial charge in [-0.15, -0.1) is 0 Å². The second-order valence-corrected chi connectivity index (χ2v) is 5.47. The standard InChI is InChI=1S/C12H14N4O2S/c1-2-11(9-14)19(17,18)16-12-8-10(4-3-6-13)5-7-15-12/h5,7-8,11H,2,6,13H2,1H3,(H,15,16). The number of anilines is 1. The van der Waals surface area contributed by atoms with Gasteiger partial charge in [-0.2, -0.15) is 5.26 Å². The van der Waals surface area contributed by atoms with Crippen LogP contribution >= 0.6 is 0 Å². The van der Waals surface area contributed by atoms with Crippen LogP contribution in [0.25, 0.3) is 0 Å². The number of hydrogen-bond donors (Lipinski definition) is 2.